The van der Waals surface area contributed by atoms with E-state index in [-0.39, 0.29) is 5.91 Å². The molecule has 1 fully saturated rings. The zero-order chi connectivity index (χ0) is 15.1. The average molecular weight is 292 g/mol. The van der Waals surface area contributed by atoms with E-state index in [2.05, 4.69) is 42.6 Å². The molecule has 2 unspecified atom stereocenters. The average Bonchev–Trinajstić information content (AvgIpc) is 2.97. The lowest BCUT2D eigenvalue weighted by atomic mass is 9.87. The maximum absolute atomic E-state index is 13.1. The summed E-state index contributed by atoms with van der Waals surface area (Å²) < 4.78 is 0. The van der Waals surface area contributed by atoms with Crippen molar-refractivity contribution in [3.05, 3.63) is 65.2 Å². The summed E-state index contributed by atoms with van der Waals surface area (Å²) in [6.07, 6.45) is 0. The number of nitrogens with one attached hydrogen (secondary N) is 1. The van der Waals surface area contributed by atoms with E-state index in [0.717, 1.165) is 30.9 Å². The second kappa shape index (κ2) is 5.25. The van der Waals surface area contributed by atoms with Crippen molar-refractivity contribution >= 4 is 11.6 Å². The molecule has 2 aliphatic heterocycles. The fraction of sp³-hybridized carbons (Fsp3) is 0.316. The second-order valence-corrected chi connectivity index (χ2v) is 6.36. The van der Waals surface area contributed by atoms with Crippen molar-refractivity contribution < 1.29 is 4.79 Å². The van der Waals surface area contributed by atoms with E-state index in [1.54, 1.807) is 0 Å². The van der Waals surface area contributed by atoms with Crippen molar-refractivity contribution in [2.24, 2.45) is 5.92 Å². The SMILES string of the molecule is Cc1ccc(N2CC3CNCC3c3ccccc3C2=O)cc1. The van der Waals surface area contributed by atoms with Gasteiger partial charge in [0, 0.05) is 36.8 Å². The first-order valence-electron chi connectivity index (χ1n) is 7.92. The highest BCUT2D eigenvalue weighted by molar-refractivity contribution is 6.07. The predicted molar refractivity (Wildman–Crippen MR) is 88.4 cm³/mol. The first kappa shape index (κ1) is 13.5. The molecule has 22 heavy (non-hydrogen) atoms. The van der Waals surface area contributed by atoms with E-state index < -0.39 is 0 Å². The Balaban J connectivity index is 1.81. The van der Waals surface area contributed by atoms with Gasteiger partial charge in [0.1, 0.15) is 0 Å². The molecule has 0 aliphatic carbocycles. The van der Waals surface area contributed by atoms with Crippen LogP contribution in [0.2, 0.25) is 0 Å². The molecule has 1 N–H and O–H groups in total. The standard InChI is InChI=1S/C19H20N2O/c1-13-6-8-15(9-7-13)21-12-14-10-20-11-18(14)16-4-2-3-5-17(16)19(21)22/h2-9,14,18,20H,10-12H2,1H3. The summed E-state index contributed by atoms with van der Waals surface area (Å²) in [6, 6.07) is 16.4. The predicted octanol–water partition coefficient (Wildman–Crippen LogP) is 2.96. The van der Waals surface area contributed by atoms with Crippen LogP contribution < -0.4 is 10.2 Å². The third kappa shape index (κ3) is 2.13. The van der Waals surface area contributed by atoms with Gasteiger partial charge in [-0.1, -0.05) is 35.9 Å². The zero-order valence-electron chi connectivity index (χ0n) is 12.8. The Morgan fingerprint density at radius 1 is 1.05 bits per heavy atom. The molecular formula is C19H20N2O. The molecular weight excluding hydrogens is 272 g/mol. The van der Waals surface area contributed by atoms with Gasteiger partial charge in [0.2, 0.25) is 0 Å². The van der Waals surface area contributed by atoms with Crippen LogP contribution in [0.1, 0.15) is 27.4 Å². The number of fused-ring (bicyclic) bond motifs is 3. The summed E-state index contributed by atoms with van der Waals surface area (Å²) in [4.78, 5) is 15.0. The Labute approximate surface area is 131 Å². The second-order valence-electron chi connectivity index (χ2n) is 6.36. The first-order valence-corrected chi connectivity index (χ1v) is 7.92. The number of benzene rings is 2. The van der Waals surface area contributed by atoms with Crippen molar-refractivity contribution in [3.63, 3.8) is 0 Å². The van der Waals surface area contributed by atoms with Crippen molar-refractivity contribution in [3.8, 4) is 0 Å². The monoisotopic (exact) mass is 292 g/mol. The highest BCUT2D eigenvalue weighted by Crippen LogP contribution is 2.36. The molecule has 0 saturated carbocycles. The van der Waals surface area contributed by atoms with Gasteiger partial charge in [-0.05, 0) is 36.6 Å². The number of hydrogen-bond donors (Lipinski definition) is 1. The van der Waals surface area contributed by atoms with Gasteiger partial charge in [0.05, 0.1) is 0 Å². The summed E-state index contributed by atoms with van der Waals surface area (Å²) >= 11 is 0. The maximum Gasteiger partial charge on any atom is 0.258 e. The lowest BCUT2D eigenvalue weighted by Gasteiger charge is -2.24. The van der Waals surface area contributed by atoms with Crippen LogP contribution in [0.5, 0.6) is 0 Å². The zero-order valence-corrected chi connectivity index (χ0v) is 12.8. The van der Waals surface area contributed by atoms with Crippen LogP contribution in [0.15, 0.2) is 48.5 Å². The minimum Gasteiger partial charge on any atom is -0.316 e. The number of amides is 1. The Bertz CT molecular complexity index is 708. The molecule has 1 amide bonds. The number of nitrogens with zero attached hydrogens (tertiary/aromatic N) is 1. The molecule has 0 bridgehead atoms. The third-order valence-electron chi connectivity index (χ3n) is 4.94. The first-order chi connectivity index (χ1) is 10.7. The molecule has 2 aromatic carbocycles. The van der Waals surface area contributed by atoms with Crippen LogP contribution >= 0.6 is 0 Å². The van der Waals surface area contributed by atoms with Crippen molar-refractivity contribution in [2.75, 3.05) is 24.5 Å². The minimum absolute atomic E-state index is 0.133. The fourth-order valence-corrected chi connectivity index (χ4v) is 3.71. The lowest BCUT2D eigenvalue weighted by molar-refractivity contribution is 0.0986. The fourth-order valence-electron chi connectivity index (χ4n) is 3.71. The van der Waals surface area contributed by atoms with E-state index in [1.807, 2.05) is 23.1 Å². The van der Waals surface area contributed by atoms with Gasteiger partial charge in [0.25, 0.3) is 5.91 Å². The van der Waals surface area contributed by atoms with Crippen LogP contribution in [-0.4, -0.2) is 25.5 Å². The van der Waals surface area contributed by atoms with E-state index >= 15 is 0 Å². The van der Waals surface area contributed by atoms with Crippen molar-refractivity contribution in [1.82, 2.24) is 5.32 Å². The van der Waals surface area contributed by atoms with Crippen LogP contribution in [0, 0.1) is 12.8 Å². The number of carbonyl (C=O) groups excluding carboxylic acids is 1. The van der Waals surface area contributed by atoms with Gasteiger partial charge in [-0.25, -0.2) is 0 Å². The van der Waals surface area contributed by atoms with Gasteiger partial charge in [-0.15, -0.1) is 0 Å². The summed E-state index contributed by atoms with van der Waals surface area (Å²) in [5.41, 5.74) is 4.28. The topological polar surface area (TPSA) is 32.3 Å². The normalized spacial score (nSPS) is 23.9. The summed E-state index contributed by atoms with van der Waals surface area (Å²) in [6.45, 7) is 4.81. The number of hydrogen-bond acceptors (Lipinski definition) is 2. The third-order valence-corrected chi connectivity index (χ3v) is 4.94. The van der Waals surface area contributed by atoms with Gasteiger partial charge < -0.3 is 10.2 Å². The Morgan fingerprint density at radius 2 is 1.82 bits per heavy atom. The highest BCUT2D eigenvalue weighted by atomic mass is 16.2. The van der Waals surface area contributed by atoms with Crippen LogP contribution in [0.25, 0.3) is 0 Å². The van der Waals surface area contributed by atoms with E-state index in [9.17, 15) is 4.79 Å². The number of aryl methyl sites for hydroxylation is 1. The smallest absolute Gasteiger partial charge is 0.258 e. The Hall–Kier alpha value is -2.13. The van der Waals surface area contributed by atoms with E-state index in [4.69, 9.17) is 0 Å². The molecule has 3 heteroatoms. The number of rotatable bonds is 1. The maximum atomic E-state index is 13.1. The lowest BCUT2D eigenvalue weighted by Crippen LogP contribution is -2.35. The van der Waals surface area contributed by atoms with Gasteiger partial charge in [-0.2, -0.15) is 0 Å². The van der Waals surface area contributed by atoms with Crippen molar-refractivity contribution in [2.45, 2.75) is 12.8 Å². The minimum atomic E-state index is 0.133. The number of carbonyl (C=O) groups is 1. The van der Waals surface area contributed by atoms with Crippen molar-refractivity contribution in [1.29, 1.82) is 0 Å². The summed E-state index contributed by atoms with van der Waals surface area (Å²) in [7, 11) is 0. The Morgan fingerprint density at radius 3 is 2.64 bits per heavy atom. The molecule has 112 valence electrons. The molecule has 2 heterocycles. The highest BCUT2D eigenvalue weighted by Gasteiger charge is 2.37. The molecule has 2 atom stereocenters. The van der Waals surface area contributed by atoms with E-state index in [1.165, 1.54) is 11.1 Å². The molecule has 3 nitrogen and oxygen atoms in total. The molecule has 2 aliphatic rings. The van der Waals surface area contributed by atoms with Crippen LogP contribution in [-0.2, 0) is 0 Å². The Kier molecular flexibility index (Phi) is 3.23. The number of anilines is 1. The quantitative estimate of drug-likeness (QED) is 0.876. The van der Waals surface area contributed by atoms with Gasteiger partial charge in [-0.3, -0.25) is 4.79 Å². The molecule has 0 aromatic heterocycles. The molecule has 4 rings (SSSR count). The summed E-state index contributed by atoms with van der Waals surface area (Å²) in [5.74, 6) is 1.05. The molecule has 0 radical (unpaired) electrons. The molecule has 2 aromatic rings. The molecule has 1 saturated heterocycles. The largest absolute Gasteiger partial charge is 0.316 e. The van der Waals surface area contributed by atoms with Crippen LogP contribution in [0.3, 0.4) is 0 Å². The molecule has 0 spiro atoms. The van der Waals surface area contributed by atoms with Gasteiger partial charge >= 0.3 is 0 Å². The summed E-state index contributed by atoms with van der Waals surface area (Å²) in [5, 5.41) is 3.49. The van der Waals surface area contributed by atoms with Crippen LogP contribution in [0.4, 0.5) is 5.69 Å². The van der Waals surface area contributed by atoms with E-state index in [0.29, 0.717) is 11.8 Å². The van der Waals surface area contributed by atoms with Gasteiger partial charge in [0.15, 0.2) is 0 Å².